The maximum atomic E-state index is 13.1. The fourth-order valence-corrected chi connectivity index (χ4v) is 4.10. The summed E-state index contributed by atoms with van der Waals surface area (Å²) >= 11 is 6.60. The van der Waals surface area contributed by atoms with Crippen LogP contribution in [0.2, 0.25) is 0 Å². The van der Waals surface area contributed by atoms with Crippen molar-refractivity contribution in [1.82, 2.24) is 15.2 Å². The van der Waals surface area contributed by atoms with E-state index in [1.165, 1.54) is 0 Å². The molecule has 29 heavy (non-hydrogen) atoms. The monoisotopic (exact) mass is 400 g/mol. The third kappa shape index (κ3) is 2.86. The molecule has 0 saturated carbocycles. The molecule has 1 aliphatic rings. The van der Waals surface area contributed by atoms with E-state index in [9.17, 15) is 4.79 Å². The SMILES string of the molecule is CC1(Cl)C(=O)N(c2cncc(Cc3nncc4ccccc34)c2)c2ccccc21. The summed E-state index contributed by atoms with van der Waals surface area (Å²) in [5.74, 6) is -0.177. The molecule has 142 valence electrons. The summed E-state index contributed by atoms with van der Waals surface area (Å²) < 4.78 is 0. The van der Waals surface area contributed by atoms with Crippen LogP contribution in [-0.2, 0) is 16.1 Å². The number of para-hydroxylation sites is 1. The van der Waals surface area contributed by atoms with Crippen LogP contribution >= 0.6 is 11.6 Å². The minimum atomic E-state index is -1.09. The third-order valence-electron chi connectivity index (χ3n) is 5.31. The Kier molecular flexibility index (Phi) is 4.07. The Morgan fingerprint density at radius 3 is 2.72 bits per heavy atom. The maximum absolute atomic E-state index is 13.1. The Bertz CT molecular complexity index is 1250. The number of carbonyl (C=O) groups excluding carboxylic acids is 1. The Balaban J connectivity index is 1.55. The van der Waals surface area contributed by atoms with Crippen LogP contribution in [0.5, 0.6) is 0 Å². The normalized spacial score (nSPS) is 18.3. The number of amides is 1. The molecule has 0 fully saturated rings. The molecular formula is C23H17ClN4O. The number of anilines is 2. The molecule has 1 unspecified atom stereocenters. The third-order valence-corrected chi connectivity index (χ3v) is 5.68. The highest BCUT2D eigenvalue weighted by molar-refractivity contribution is 6.40. The summed E-state index contributed by atoms with van der Waals surface area (Å²) in [4.78, 5) is 18.0. The van der Waals surface area contributed by atoms with E-state index in [1.807, 2.05) is 54.6 Å². The highest BCUT2D eigenvalue weighted by Crippen LogP contribution is 2.47. The second-order valence-electron chi connectivity index (χ2n) is 7.27. The summed E-state index contributed by atoms with van der Waals surface area (Å²) in [7, 11) is 0. The van der Waals surface area contributed by atoms with E-state index in [4.69, 9.17) is 11.6 Å². The number of fused-ring (bicyclic) bond motifs is 2. The van der Waals surface area contributed by atoms with E-state index in [-0.39, 0.29) is 5.91 Å². The smallest absolute Gasteiger partial charge is 0.257 e. The van der Waals surface area contributed by atoms with Gasteiger partial charge in [0.2, 0.25) is 0 Å². The van der Waals surface area contributed by atoms with Crippen molar-refractivity contribution in [1.29, 1.82) is 0 Å². The lowest BCUT2D eigenvalue weighted by molar-refractivity contribution is -0.119. The molecule has 0 spiro atoms. The molecule has 5 rings (SSSR count). The van der Waals surface area contributed by atoms with Gasteiger partial charge in [-0.15, -0.1) is 11.6 Å². The average Bonchev–Trinajstić information content (AvgIpc) is 2.95. The van der Waals surface area contributed by atoms with Crippen LogP contribution in [0.25, 0.3) is 10.8 Å². The minimum absolute atomic E-state index is 0.177. The molecule has 3 heterocycles. The van der Waals surface area contributed by atoms with Crippen LogP contribution in [0, 0.1) is 0 Å². The summed E-state index contributed by atoms with van der Waals surface area (Å²) in [6, 6.07) is 17.6. The highest BCUT2D eigenvalue weighted by atomic mass is 35.5. The molecule has 1 amide bonds. The molecule has 0 saturated heterocycles. The van der Waals surface area contributed by atoms with Gasteiger partial charge in [0.25, 0.3) is 5.91 Å². The first-order valence-electron chi connectivity index (χ1n) is 9.32. The van der Waals surface area contributed by atoms with E-state index in [1.54, 1.807) is 30.4 Å². The van der Waals surface area contributed by atoms with Gasteiger partial charge in [-0.05, 0) is 24.6 Å². The number of hydrogen-bond donors (Lipinski definition) is 0. The fraction of sp³-hybridized carbons (Fsp3) is 0.130. The van der Waals surface area contributed by atoms with Gasteiger partial charge in [-0.2, -0.15) is 10.2 Å². The van der Waals surface area contributed by atoms with Gasteiger partial charge in [0.1, 0.15) is 4.87 Å². The fourth-order valence-electron chi connectivity index (χ4n) is 3.86. The van der Waals surface area contributed by atoms with E-state index in [0.29, 0.717) is 12.1 Å². The Morgan fingerprint density at radius 2 is 1.83 bits per heavy atom. The number of nitrogens with zero attached hydrogens (tertiary/aromatic N) is 4. The number of aromatic nitrogens is 3. The molecular weight excluding hydrogens is 384 g/mol. The highest BCUT2D eigenvalue weighted by Gasteiger charge is 2.46. The van der Waals surface area contributed by atoms with Gasteiger partial charge in [0, 0.05) is 29.0 Å². The molecule has 1 aliphatic heterocycles. The van der Waals surface area contributed by atoms with Crippen molar-refractivity contribution in [2.75, 3.05) is 4.90 Å². The van der Waals surface area contributed by atoms with Gasteiger partial charge in [-0.3, -0.25) is 14.7 Å². The molecule has 5 nitrogen and oxygen atoms in total. The zero-order chi connectivity index (χ0) is 20.0. The van der Waals surface area contributed by atoms with Crippen LogP contribution in [0.1, 0.15) is 23.7 Å². The van der Waals surface area contributed by atoms with Crippen molar-refractivity contribution in [3.63, 3.8) is 0 Å². The van der Waals surface area contributed by atoms with Crippen molar-refractivity contribution in [3.05, 3.63) is 90.0 Å². The zero-order valence-electron chi connectivity index (χ0n) is 15.7. The second-order valence-corrected chi connectivity index (χ2v) is 8.02. The average molecular weight is 401 g/mol. The number of hydrogen-bond acceptors (Lipinski definition) is 4. The van der Waals surface area contributed by atoms with E-state index in [0.717, 1.165) is 33.3 Å². The van der Waals surface area contributed by atoms with Crippen molar-refractivity contribution < 1.29 is 4.79 Å². The Hall–Kier alpha value is -3.31. The lowest BCUT2D eigenvalue weighted by atomic mass is 10.0. The molecule has 2 aromatic heterocycles. The number of carbonyl (C=O) groups is 1. The summed E-state index contributed by atoms with van der Waals surface area (Å²) in [6.07, 6.45) is 5.80. The van der Waals surface area contributed by atoms with Crippen LogP contribution in [-0.4, -0.2) is 21.1 Å². The van der Waals surface area contributed by atoms with E-state index >= 15 is 0 Å². The molecule has 1 atom stereocenters. The van der Waals surface area contributed by atoms with Gasteiger partial charge in [-0.25, -0.2) is 0 Å². The minimum Gasteiger partial charge on any atom is -0.277 e. The summed E-state index contributed by atoms with van der Waals surface area (Å²) in [5, 5.41) is 10.5. The van der Waals surface area contributed by atoms with Crippen molar-refractivity contribution >= 4 is 39.7 Å². The molecule has 6 heteroatoms. The van der Waals surface area contributed by atoms with Gasteiger partial charge >= 0.3 is 0 Å². The number of benzene rings is 2. The Labute approximate surface area is 173 Å². The standard InChI is InChI=1S/C23H17ClN4O/c1-23(24)19-8-4-5-9-21(19)28(22(23)29)17-10-15(12-25-14-17)11-20-18-7-3-2-6-16(18)13-26-27-20/h2-10,12-14H,11H2,1H3. The van der Waals surface area contributed by atoms with Crippen molar-refractivity contribution in [2.24, 2.45) is 0 Å². The first kappa shape index (κ1) is 17.8. The van der Waals surface area contributed by atoms with Crippen LogP contribution in [0.15, 0.2) is 73.2 Å². The van der Waals surface area contributed by atoms with Crippen LogP contribution in [0.3, 0.4) is 0 Å². The van der Waals surface area contributed by atoms with Gasteiger partial charge in [0.05, 0.1) is 29.5 Å². The van der Waals surface area contributed by atoms with Crippen LogP contribution < -0.4 is 4.90 Å². The van der Waals surface area contributed by atoms with Crippen LogP contribution in [0.4, 0.5) is 11.4 Å². The second kappa shape index (κ2) is 6.64. The van der Waals surface area contributed by atoms with E-state index in [2.05, 4.69) is 15.2 Å². The molecule has 0 aliphatic carbocycles. The molecule has 0 N–H and O–H groups in total. The van der Waals surface area contributed by atoms with Gasteiger partial charge < -0.3 is 0 Å². The summed E-state index contributed by atoms with van der Waals surface area (Å²) in [6.45, 7) is 1.73. The number of halogens is 1. The largest absolute Gasteiger partial charge is 0.277 e. The van der Waals surface area contributed by atoms with Crippen molar-refractivity contribution in [2.45, 2.75) is 18.2 Å². The molecule has 4 aromatic rings. The first-order chi connectivity index (χ1) is 14.1. The predicted octanol–water partition coefficient (Wildman–Crippen LogP) is 4.75. The lowest BCUT2D eigenvalue weighted by Crippen LogP contribution is -2.31. The predicted molar refractivity (Wildman–Crippen MR) is 113 cm³/mol. The number of alkyl halides is 1. The molecule has 2 aromatic carbocycles. The number of rotatable bonds is 3. The molecule has 0 radical (unpaired) electrons. The zero-order valence-corrected chi connectivity index (χ0v) is 16.5. The number of pyridine rings is 1. The topological polar surface area (TPSA) is 59.0 Å². The lowest BCUT2D eigenvalue weighted by Gasteiger charge is -2.19. The van der Waals surface area contributed by atoms with Crippen molar-refractivity contribution in [3.8, 4) is 0 Å². The van der Waals surface area contributed by atoms with Gasteiger partial charge in [0.15, 0.2) is 0 Å². The quantitative estimate of drug-likeness (QED) is 0.466. The van der Waals surface area contributed by atoms with E-state index < -0.39 is 4.87 Å². The maximum Gasteiger partial charge on any atom is 0.257 e. The first-order valence-corrected chi connectivity index (χ1v) is 9.70. The van der Waals surface area contributed by atoms with Gasteiger partial charge in [-0.1, -0.05) is 42.5 Å². The molecule has 0 bridgehead atoms. The Morgan fingerprint density at radius 1 is 1.03 bits per heavy atom. The summed E-state index contributed by atoms with van der Waals surface area (Å²) in [5.41, 5.74) is 4.10.